The number of hydrogen-bond donors (Lipinski definition) is 1. The molecular weight excluding hydrogens is 394 g/mol. The van der Waals surface area contributed by atoms with Crippen LogP contribution in [-0.4, -0.2) is 39.0 Å². The summed E-state index contributed by atoms with van der Waals surface area (Å²) in [4.78, 5) is 42.3. The molecule has 0 aliphatic rings. The lowest BCUT2D eigenvalue weighted by atomic mass is 10.1. The highest BCUT2D eigenvalue weighted by Gasteiger charge is 2.24. The van der Waals surface area contributed by atoms with Crippen LogP contribution in [0.15, 0.2) is 29.1 Å². The Balaban J connectivity index is 1.86. The van der Waals surface area contributed by atoms with E-state index >= 15 is 0 Å². The van der Waals surface area contributed by atoms with Crippen molar-refractivity contribution >= 4 is 39.2 Å². The molecule has 0 radical (unpaired) electrons. The fraction of sp³-hybridized carbons (Fsp3) is 0.368. The first-order valence-electron chi connectivity index (χ1n) is 9.05. The maximum atomic E-state index is 12.7. The molecule has 152 valence electrons. The molecule has 1 aromatic carbocycles. The van der Waals surface area contributed by atoms with Crippen molar-refractivity contribution in [3.8, 4) is 0 Å². The van der Waals surface area contributed by atoms with Gasteiger partial charge in [-0.15, -0.1) is 16.4 Å². The lowest BCUT2D eigenvalue weighted by Crippen LogP contribution is -2.34. The van der Waals surface area contributed by atoms with Gasteiger partial charge in [-0.1, -0.05) is 31.2 Å². The van der Waals surface area contributed by atoms with Crippen LogP contribution < -0.4 is 10.9 Å². The smallest absolute Gasteiger partial charge is 0.357 e. The average molecular weight is 415 g/mol. The summed E-state index contributed by atoms with van der Waals surface area (Å²) in [6.07, 6.45) is 0.628. The molecule has 0 saturated carbocycles. The van der Waals surface area contributed by atoms with Gasteiger partial charge in [0, 0.05) is 4.88 Å². The molecule has 10 heteroatoms. The largest absolute Gasteiger partial charge is 0.464 e. The van der Waals surface area contributed by atoms with Crippen molar-refractivity contribution in [1.82, 2.24) is 20.0 Å². The Kier molecular flexibility index (Phi) is 6.02. The number of nitrogens with one attached hydrogen (secondary N) is 1. The van der Waals surface area contributed by atoms with Gasteiger partial charge in [-0.05, 0) is 31.4 Å². The van der Waals surface area contributed by atoms with E-state index in [0.29, 0.717) is 23.2 Å². The summed E-state index contributed by atoms with van der Waals surface area (Å²) in [7, 11) is 1.28. The third-order valence-corrected chi connectivity index (χ3v) is 5.23. The van der Waals surface area contributed by atoms with Gasteiger partial charge in [0.25, 0.3) is 11.5 Å². The van der Waals surface area contributed by atoms with Gasteiger partial charge in [-0.25, -0.2) is 9.78 Å². The summed E-state index contributed by atoms with van der Waals surface area (Å²) in [5, 5.41) is 11.2. The number of nitrogens with zero attached hydrogens (tertiary/aromatic N) is 4. The molecule has 2 aromatic heterocycles. The van der Waals surface area contributed by atoms with Crippen molar-refractivity contribution in [2.75, 3.05) is 12.4 Å². The number of ether oxygens (including phenoxy) is 1. The highest BCUT2D eigenvalue weighted by Crippen LogP contribution is 2.27. The lowest BCUT2D eigenvalue weighted by molar-refractivity contribution is -0.119. The zero-order valence-corrected chi connectivity index (χ0v) is 17.3. The van der Waals surface area contributed by atoms with Crippen LogP contribution in [0.1, 0.15) is 42.2 Å². The van der Waals surface area contributed by atoms with Crippen molar-refractivity contribution in [2.24, 2.45) is 5.92 Å². The first-order chi connectivity index (χ1) is 13.8. The van der Waals surface area contributed by atoms with Crippen LogP contribution in [-0.2, 0) is 16.0 Å². The molecule has 0 aliphatic carbocycles. The third kappa shape index (κ3) is 4.32. The van der Waals surface area contributed by atoms with Crippen LogP contribution in [0.5, 0.6) is 0 Å². The molecule has 0 aliphatic heterocycles. The summed E-state index contributed by atoms with van der Waals surface area (Å²) >= 11 is 1.21. The van der Waals surface area contributed by atoms with Crippen molar-refractivity contribution in [2.45, 2.75) is 33.2 Å². The molecule has 2 heterocycles. The van der Waals surface area contributed by atoms with Crippen LogP contribution in [0.2, 0.25) is 0 Å². The summed E-state index contributed by atoms with van der Waals surface area (Å²) < 4.78 is 5.81. The number of anilines is 1. The number of hydrogen-bond acceptors (Lipinski definition) is 8. The number of benzene rings is 1. The normalized spacial score (nSPS) is 12.2. The van der Waals surface area contributed by atoms with E-state index in [-0.39, 0.29) is 10.8 Å². The van der Waals surface area contributed by atoms with Crippen molar-refractivity contribution in [3.05, 3.63) is 45.2 Å². The summed E-state index contributed by atoms with van der Waals surface area (Å²) in [5.74, 6) is -0.743. The number of rotatable bonds is 6. The molecular formula is C19H21N5O4S. The number of thiazole rings is 1. The van der Waals surface area contributed by atoms with E-state index in [9.17, 15) is 14.4 Å². The fourth-order valence-corrected chi connectivity index (χ4v) is 3.91. The van der Waals surface area contributed by atoms with Crippen LogP contribution in [0.3, 0.4) is 0 Å². The van der Waals surface area contributed by atoms with Crippen LogP contribution in [0.4, 0.5) is 5.13 Å². The summed E-state index contributed by atoms with van der Waals surface area (Å²) in [6.45, 7) is 5.59. The van der Waals surface area contributed by atoms with E-state index in [0.717, 1.165) is 9.56 Å². The second kappa shape index (κ2) is 8.48. The standard InChI is InChI=1S/C19H21N5O4S/c1-10(2)9-14-15(18(27)28-4)20-19(29-14)21-16(25)11(3)24-17(26)12-7-5-6-8-13(12)22-23-24/h5-8,10-11H,9H2,1-4H3,(H,20,21,25). The van der Waals surface area contributed by atoms with E-state index in [4.69, 9.17) is 4.74 Å². The Morgan fingerprint density at radius 2 is 1.97 bits per heavy atom. The third-order valence-electron chi connectivity index (χ3n) is 4.24. The molecule has 3 aromatic rings. The Morgan fingerprint density at radius 1 is 1.24 bits per heavy atom. The minimum Gasteiger partial charge on any atom is -0.464 e. The number of methoxy groups -OCH3 is 1. The highest BCUT2D eigenvalue weighted by molar-refractivity contribution is 7.16. The van der Waals surface area contributed by atoms with Crippen LogP contribution in [0.25, 0.3) is 10.9 Å². The second-order valence-electron chi connectivity index (χ2n) is 6.90. The van der Waals surface area contributed by atoms with Crippen molar-refractivity contribution < 1.29 is 14.3 Å². The Bertz CT molecular complexity index is 1120. The number of amides is 1. The van der Waals surface area contributed by atoms with Crippen molar-refractivity contribution in [3.63, 3.8) is 0 Å². The maximum absolute atomic E-state index is 12.7. The predicted octanol–water partition coefficient (Wildman–Crippen LogP) is 2.43. The molecule has 0 saturated heterocycles. The van der Waals surface area contributed by atoms with Gasteiger partial charge in [0.05, 0.1) is 12.5 Å². The average Bonchev–Trinajstić information content (AvgIpc) is 3.08. The zero-order valence-electron chi connectivity index (χ0n) is 16.5. The SMILES string of the molecule is COC(=O)c1nc(NC(=O)C(C)n2nnc3ccccc3c2=O)sc1CC(C)C. The predicted molar refractivity (Wildman–Crippen MR) is 109 cm³/mol. The molecule has 1 N–H and O–H groups in total. The number of fused-ring (bicyclic) bond motifs is 1. The van der Waals surface area contributed by atoms with Gasteiger partial charge in [0.2, 0.25) is 0 Å². The molecule has 0 bridgehead atoms. The van der Waals surface area contributed by atoms with E-state index in [1.165, 1.54) is 18.4 Å². The second-order valence-corrected chi connectivity index (χ2v) is 7.99. The quantitative estimate of drug-likeness (QED) is 0.615. The van der Waals surface area contributed by atoms with Crippen LogP contribution in [0, 0.1) is 5.92 Å². The monoisotopic (exact) mass is 415 g/mol. The molecule has 1 unspecified atom stereocenters. The Morgan fingerprint density at radius 3 is 2.66 bits per heavy atom. The van der Waals surface area contributed by atoms with Gasteiger partial charge in [-0.2, -0.15) is 4.68 Å². The Hall–Kier alpha value is -3.14. The van der Waals surface area contributed by atoms with Gasteiger partial charge >= 0.3 is 5.97 Å². The molecule has 0 spiro atoms. The number of aromatic nitrogens is 4. The van der Waals surface area contributed by atoms with E-state index in [2.05, 4.69) is 20.6 Å². The topological polar surface area (TPSA) is 116 Å². The lowest BCUT2D eigenvalue weighted by Gasteiger charge is -2.12. The first-order valence-corrected chi connectivity index (χ1v) is 9.86. The molecule has 0 fully saturated rings. The number of esters is 1. The van der Waals surface area contributed by atoms with Gasteiger partial charge < -0.3 is 10.1 Å². The van der Waals surface area contributed by atoms with Gasteiger partial charge in [-0.3, -0.25) is 9.59 Å². The molecule has 1 amide bonds. The van der Waals surface area contributed by atoms with Gasteiger partial charge in [0.1, 0.15) is 11.6 Å². The fourth-order valence-electron chi connectivity index (χ4n) is 2.75. The zero-order chi connectivity index (χ0) is 21.1. The highest BCUT2D eigenvalue weighted by atomic mass is 32.1. The minimum absolute atomic E-state index is 0.191. The minimum atomic E-state index is -0.918. The molecule has 3 rings (SSSR count). The molecule has 9 nitrogen and oxygen atoms in total. The Labute approximate surface area is 170 Å². The summed E-state index contributed by atoms with van der Waals surface area (Å²) in [5.41, 5.74) is 0.243. The first kappa shape index (κ1) is 20.6. The maximum Gasteiger partial charge on any atom is 0.357 e. The van der Waals surface area contributed by atoms with Crippen LogP contribution >= 0.6 is 11.3 Å². The summed E-state index contributed by atoms with van der Waals surface area (Å²) in [6, 6.07) is 5.88. The van der Waals surface area contributed by atoms with E-state index < -0.39 is 23.5 Å². The van der Waals surface area contributed by atoms with Gasteiger partial charge in [0.15, 0.2) is 10.8 Å². The van der Waals surface area contributed by atoms with Crippen molar-refractivity contribution in [1.29, 1.82) is 0 Å². The molecule has 1 atom stereocenters. The number of carbonyl (C=O) groups excluding carboxylic acids is 2. The number of carbonyl (C=O) groups is 2. The van der Waals surface area contributed by atoms with E-state index in [1.54, 1.807) is 31.2 Å². The molecule has 29 heavy (non-hydrogen) atoms. The van der Waals surface area contributed by atoms with E-state index in [1.807, 2.05) is 13.8 Å².